The minimum atomic E-state index is -0.525. The number of benzene rings is 1. The molecule has 0 bridgehead atoms. The second kappa shape index (κ2) is 5.17. The van der Waals surface area contributed by atoms with Crippen LogP contribution in [-0.4, -0.2) is 10.1 Å². The lowest BCUT2D eigenvalue weighted by atomic mass is 10.2. The molecule has 1 aromatic carbocycles. The SMILES string of the molecule is C[C@H](O)c1ccc(Oc2cccc(Cl)c2)nc1. The van der Waals surface area contributed by atoms with Gasteiger partial charge in [-0.15, -0.1) is 0 Å². The molecule has 2 aromatic rings. The Bertz CT molecular complexity index is 497. The van der Waals surface area contributed by atoms with Crippen molar-refractivity contribution < 1.29 is 9.84 Å². The molecule has 0 aliphatic carbocycles. The first-order valence-corrected chi connectivity index (χ1v) is 5.60. The predicted molar refractivity (Wildman–Crippen MR) is 66.4 cm³/mol. The molecule has 88 valence electrons. The van der Waals surface area contributed by atoms with Crippen molar-refractivity contribution in [2.45, 2.75) is 13.0 Å². The number of rotatable bonds is 3. The van der Waals surface area contributed by atoms with Gasteiger partial charge in [-0.3, -0.25) is 0 Å². The van der Waals surface area contributed by atoms with Gasteiger partial charge in [0.25, 0.3) is 0 Å². The molecule has 1 N–H and O–H groups in total. The Morgan fingerprint density at radius 3 is 2.71 bits per heavy atom. The van der Waals surface area contributed by atoms with Crippen LogP contribution in [0.4, 0.5) is 0 Å². The van der Waals surface area contributed by atoms with Crippen LogP contribution in [0.3, 0.4) is 0 Å². The van der Waals surface area contributed by atoms with Gasteiger partial charge in [-0.25, -0.2) is 4.98 Å². The number of nitrogens with zero attached hydrogens (tertiary/aromatic N) is 1. The quantitative estimate of drug-likeness (QED) is 0.904. The maximum absolute atomic E-state index is 9.34. The zero-order valence-corrected chi connectivity index (χ0v) is 10.1. The van der Waals surface area contributed by atoms with E-state index in [1.807, 2.05) is 6.07 Å². The summed E-state index contributed by atoms with van der Waals surface area (Å²) in [6.45, 7) is 1.69. The van der Waals surface area contributed by atoms with Crippen molar-refractivity contribution in [2.75, 3.05) is 0 Å². The van der Waals surface area contributed by atoms with E-state index < -0.39 is 6.10 Å². The Hall–Kier alpha value is -1.58. The summed E-state index contributed by atoms with van der Waals surface area (Å²) < 4.78 is 5.52. The van der Waals surface area contributed by atoms with Crippen molar-refractivity contribution in [2.24, 2.45) is 0 Å². The molecule has 1 heterocycles. The number of aromatic nitrogens is 1. The maximum atomic E-state index is 9.34. The lowest BCUT2D eigenvalue weighted by molar-refractivity contribution is 0.198. The van der Waals surface area contributed by atoms with E-state index >= 15 is 0 Å². The third-order valence-corrected chi connectivity index (χ3v) is 2.50. The van der Waals surface area contributed by atoms with Crippen LogP contribution in [0, 0.1) is 0 Å². The second-order valence-electron chi connectivity index (χ2n) is 3.67. The van der Waals surface area contributed by atoms with Gasteiger partial charge in [-0.2, -0.15) is 0 Å². The van der Waals surface area contributed by atoms with Gasteiger partial charge in [0, 0.05) is 17.3 Å². The number of hydrogen-bond donors (Lipinski definition) is 1. The average Bonchev–Trinajstić information content (AvgIpc) is 2.29. The number of halogens is 1. The topological polar surface area (TPSA) is 42.4 Å². The summed E-state index contributed by atoms with van der Waals surface area (Å²) in [7, 11) is 0. The van der Waals surface area contributed by atoms with Gasteiger partial charge >= 0.3 is 0 Å². The van der Waals surface area contributed by atoms with E-state index in [1.54, 1.807) is 43.5 Å². The fourth-order valence-corrected chi connectivity index (χ4v) is 1.53. The highest BCUT2D eigenvalue weighted by molar-refractivity contribution is 6.30. The highest BCUT2D eigenvalue weighted by atomic mass is 35.5. The molecular formula is C13H12ClNO2. The molecule has 0 saturated carbocycles. The van der Waals surface area contributed by atoms with Crippen LogP contribution in [0.25, 0.3) is 0 Å². The van der Waals surface area contributed by atoms with Crippen LogP contribution < -0.4 is 4.74 Å². The second-order valence-corrected chi connectivity index (χ2v) is 4.10. The molecule has 0 fully saturated rings. The summed E-state index contributed by atoms with van der Waals surface area (Å²) >= 11 is 5.84. The molecular weight excluding hydrogens is 238 g/mol. The molecule has 0 amide bonds. The lowest BCUT2D eigenvalue weighted by Gasteiger charge is -2.07. The molecule has 17 heavy (non-hydrogen) atoms. The standard InChI is InChI=1S/C13H12ClNO2/c1-9(16)10-5-6-13(15-8-10)17-12-4-2-3-11(14)7-12/h2-9,16H,1H3/t9-/m0/s1. The maximum Gasteiger partial charge on any atom is 0.219 e. The van der Waals surface area contributed by atoms with Gasteiger partial charge in [0.05, 0.1) is 6.10 Å². The van der Waals surface area contributed by atoms with E-state index in [-0.39, 0.29) is 0 Å². The largest absolute Gasteiger partial charge is 0.439 e. The van der Waals surface area contributed by atoms with Crippen LogP contribution >= 0.6 is 11.6 Å². The van der Waals surface area contributed by atoms with Gasteiger partial charge in [-0.1, -0.05) is 17.7 Å². The first kappa shape index (κ1) is 11.9. The van der Waals surface area contributed by atoms with Crippen molar-refractivity contribution in [1.82, 2.24) is 4.98 Å². The smallest absolute Gasteiger partial charge is 0.219 e. The van der Waals surface area contributed by atoms with Gasteiger partial charge in [-0.05, 0) is 36.8 Å². The minimum Gasteiger partial charge on any atom is -0.439 e. The fraction of sp³-hybridized carbons (Fsp3) is 0.154. The van der Waals surface area contributed by atoms with Crippen LogP contribution in [-0.2, 0) is 0 Å². The first-order chi connectivity index (χ1) is 8.15. The Balaban J connectivity index is 2.14. The summed E-state index contributed by atoms with van der Waals surface area (Å²) in [5.41, 5.74) is 0.753. The van der Waals surface area contributed by atoms with Crippen LogP contribution in [0.1, 0.15) is 18.6 Å². The van der Waals surface area contributed by atoms with Gasteiger partial charge in [0.1, 0.15) is 5.75 Å². The Morgan fingerprint density at radius 2 is 2.12 bits per heavy atom. The van der Waals surface area contributed by atoms with Crippen LogP contribution in [0.15, 0.2) is 42.6 Å². The third kappa shape index (κ3) is 3.19. The molecule has 0 saturated heterocycles. The lowest BCUT2D eigenvalue weighted by Crippen LogP contribution is -1.93. The number of hydrogen-bond acceptors (Lipinski definition) is 3. The van der Waals surface area contributed by atoms with Crippen molar-refractivity contribution in [3.63, 3.8) is 0 Å². The van der Waals surface area contributed by atoms with Crippen LogP contribution in [0.5, 0.6) is 11.6 Å². The molecule has 3 nitrogen and oxygen atoms in total. The Labute approximate surface area is 105 Å². The number of pyridine rings is 1. The fourth-order valence-electron chi connectivity index (χ4n) is 1.35. The van der Waals surface area contributed by atoms with Crippen molar-refractivity contribution in [3.8, 4) is 11.6 Å². The number of aliphatic hydroxyl groups excluding tert-OH is 1. The molecule has 0 radical (unpaired) electrons. The zero-order chi connectivity index (χ0) is 12.3. The number of ether oxygens (including phenoxy) is 1. The van der Waals surface area contributed by atoms with E-state index in [2.05, 4.69) is 4.98 Å². The summed E-state index contributed by atoms with van der Waals surface area (Å²) in [5.74, 6) is 1.10. The van der Waals surface area contributed by atoms with Gasteiger partial charge in [0.2, 0.25) is 5.88 Å². The van der Waals surface area contributed by atoms with E-state index in [9.17, 15) is 5.11 Å². The molecule has 0 unspecified atom stereocenters. The molecule has 0 aliphatic heterocycles. The summed E-state index contributed by atoms with van der Waals surface area (Å²) in [6.07, 6.45) is 1.06. The molecule has 0 spiro atoms. The number of aliphatic hydroxyl groups is 1. The molecule has 0 aliphatic rings. The van der Waals surface area contributed by atoms with Crippen molar-refractivity contribution in [1.29, 1.82) is 0 Å². The molecule has 1 atom stereocenters. The molecule has 4 heteroatoms. The minimum absolute atomic E-state index is 0.469. The average molecular weight is 250 g/mol. The predicted octanol–water partition coefficient (Wildman–Crippen LogP) is 3.58. The summed E-state index contributed by atoms with van der Waals surface area (Å²) in [6, 6.07) is 10.6. The molecule has 1 aromatic heterocycles. The van der Waals surface area contributed by atoms with Crippen molar-refractivity contribution >= 4 is 11.6 Å². The van der Waals surface area contributed by atoms with Gasteiger partial charge < -0.3 is 9.84 Å². The van der Waals surface area contributed by atoms with E-state index in [1.165, 1.54) is 0 Å². The highest BCUT2D eigenvalue weighted by Crippen LogP contribution is 2.23. The molecule has 2 rings (SSSR count). The van der Waals surface area contributed by atoms with E-state index in [0.29, 0.717) is 16.7 Å². The Kier molecular flexibility index (Phi) is 3.61. The zero-order valence-electron chi connectivity index (χ0n) is 9.30. The van der Waals surface area contributed by atoms with E-state index in [0.717, 1.165) is 5.56 Å². The van der Waals surface area contributed by atoms with Crippen molar-refractivity contribution in [3.05, 3.63) is 53.2 Å². The normalized spacial score (nSPS) is 12.2. The van der Waals surface area contributed by atoms with E-state index in [4.69, 9.17) is 16.3 Å². The third-order valence-electron chi connectivity index (χ3n) is 2.26. The highest BCUT2D eigenvalue weighted by Gasteiger charge is 2.03. The summed E-state index contributed by atoms with van der Waals surface area (Å²) in [5, 5.41) is 9.96. The Morgan fingerprint density at radius 1 is 1.29 bits per heavy atom. The van der Waals surface area contributed by atoms with Crippen LogP contribution in [0.2, 0.25) is 5.02 Å². The summed E-state index contributed by atoms with van der Waals surface area (Å²) in [4.78, 5) is 4.10. The first-order valence-electron chi connectivity index (χ1n) is 5.22. The monoisotopic (exact) mass is 249 g/mol. The van der Waals surface area contributed by atoms with Gasteiger partial charge in [0.15, 0.2) is 0 Å².